The number of nitrogens with zero attached hydrogens (tertiary/aromatic N) is 1. The predicted octanol–water partition coefficient (Wildman–Crippen LogP) is 1.23. The van der Waals surface area contributed by atoms with Gasteiger partial charge in [0.05, 0.1) is 28.0 Å². The number of rotatable bonds is 6. The molecule has 0 aliphatic rings. The lowest BCUT2D eigenvalue weighted by molar-refractivity contribution is -0.130. The van der Waals surface area contributed by atoms with Crippen molar-refractivity contribution >= 4 is 35.3 Å². The van der Waals surface area contributed by atoms with E-state index in [1.165, 1.54) is 18.3 Å². The summed E-state index contributed by atoms with van der Waals surface area (Å²) in [5.41, 5.74) is 2.34. The SMILES string of the molecule is CC(=O)NC(COC=O)c1scnc1CCl. The van der Waals surface area contributed by atoms with Crippen molar-refractivity contribution < 1.29 is 14.3 Å². The summed E-state index contributed by atoms with van der Waals surface area (Å²) in [6.45, 7) is 1.82. The lowest BCUT2D eigenvalue weighted by Crippen LogP contribution is -2.29. The zero-order valence-corrected chi connectivity index (χ0v) is 10.2. The Morgan fingerprint density at radius 3 is 3.12 bits per heavy atom. The van der Waals surface area contributed by atoms with Crippen LogP contribution in [0.15, 0.2) is 5.51 Å². The van der Waals surface area contributed by atoms with Crippen LogP contribution < -0.4 is 5.32 Å². The number of halogens is 1. The number of nitrogens with one attached hydrogen (secondary N) is 1. The third-order valence-corrected chi connectivity index (χ3v) is 3.06. The van der Waals surface area contributed by atoms with E-state index in [1.807, 2.05) is 0 Å². The van der Waals surface area contributed by atoms with Crippen molar-refractivity contribution in [1.29, 1.82) is 0 Å². The molecule has 1 rings (SSSR count). The molecule has 16 heavy (non-hydrogen) atoms. The van der Waals surface area contributed by atoms with E-state index < -0.39 is 0 Å². The molecule has 5 nitrogen and oxygen atoms in total. The molecule has 0 aliphatic heterocycles. The number of hydrogen-bond donors (Lipinski definition) is 1. The Bertz CT molecular complexity index is 369. The van der Waals surface area contributed by atoms with Gasteiger partial charge in [-0.1, -0.05) is 0 Å². The minimum Gasteiger partial charge on any atom is -0.465 e. The summed E-state index contributed by atoms with van der Waals surface area (Å²) in [4.78, 5) is 26.0. The van der Waals surface area contributed by atoms with E-state index in [2.05, 4.69) is 15.0 Å². The average Bonchev–Trinajstić information content (AvgIpc) is 2.71. The first-order chi connectivity index (χ1) is 7.69. The second-order valence-corrected chi connectivity index (χ2v) is 4.13. The lowest BCUT2D eigenvalue weighted by Gasteiger charge is -2.15. The van der Waals surface area contributed by atoms with E-state index in [-0.39, 0.29) is 24.4 Å². The molecule has 1 N–H and O–H groups in total. The Morgan fingerprint density at radius 1 is 1.81 bits per heavy atom. The van der Waals surface area contributed by atoms with Gasteiger partial charge in [-0.05, 0) is 0 Å². The summed E-state index contributed by atoms with van der Waals surface area (Å²) >= 11 is 7.08. The Morgan fingerprint density at radius 2 is 2.56 bits per heavy atom. The van der Waals surface area contributed by atoms with Crippen molar-refractivity contribution in [3.8, 4) is 0 Å². The van der Waals surface area contributed by atoms with Crippen molar-refractivity contribution in [3.05, 3.63) is 16.1 Å². The van der Waals surface area contributed by atoms with Crippen LogP contribution in [0.1, 0.15) is 23.5 Å². The molecule has 1 amide bonds. The number of ether oxygens (including phenoxy) is 1. The fourth-order valence-corrected chi connectivity index (χ4v) is 2.36. The number of aromatic nitrogens is 1. The van der Waals surface area contributed by atoms with Gasteiger partial charge in [-0.2, -0.15) is 0 Å². The second kappa shape index (κ2) is 6.44. The van der Waals surface area contributed by atoms with Crippen LogP contribution >= 0.6 is 22.9 Å². The van der Waals surface area contributed by atoms with Gasteiger partial charge in [-0.25, -0.2) is 4.98 Å². The van der Waals surface area contributed by atoms with Gasteiger partial charge in [0.15, 0.2) is 0 Å². The molecule has 0 spiro atoms. The van der Waals surface area contributed by atoms with Crippen molar-refractivity contribution in [3.63, 3.8) is 0 Å². The number of carbonyl (C=O) groups excluding carboxylic acids is 2. The highest BCUT2D eigenvalue weighted by Gasteiger charge is 2.19. The molecular formula is C9H11ClN2O3S. The minimum atomic E-state index is -0.385. The maximum atomic E-state index is 11.0. The van der Waals surface area contributed by atoms with Crippen LogP contribution in [0.5, 0.6) is 0 Å². The van der Waals surface area contributed by atoms with Crippen LogP contribution in [-0.2, 0) is 20.2 Å². The van der Waals surface area contributed by atoms with E-state index >= 15 is 0 Å². The summed E-state index contributed by atoms with van der Waals surface area (Å²) in [5, 5.41) is 2.68. The molecule has 0 bridgehead atoms. The Labute approximate surface area is 102 Å². The molecule has 0 aromatic carbocycles. The van der Waals surface area contributed by atoms with Crippen molar-refractivity contribution in [2.75, 3.05) is 6.61 Å². The molecular weight excluding hydrogens is 252 g/mol. The van der Waals surface area contributed by atoms with Gasteiger partial charge in [-0.15, -0.1) is 22.9 Å². The molecule has 0 radical (unpaired) electrons. The molecule has 7 heteroatoms. The molecule has 0 saturated heterocycles. The molecule has 1 unspecified atom stereocenters. The van der Waals surface area contributed by atoms with Crippen molar-refractivity contribution in [2.24, 2.45) is 0 Å². The Balaban J connectivity index is 2.81. The lowest BCUT2D eigenvalue weighted by atomic mass is 10.2. The number of thiazole rings is 1. The highest BCUT2D eigenvalue weighted by molar-refractivity contribution is 7.09. The van der Waals surface area contributed by atoms with Crippen molar-refractivity contribution in [2.45, 2.75) is 18.8 Å². The third-order valence-electron chi connectivity index (χ3n) is 1.82. The monoisotopic (exact) mass is 262 g/mol. The van der Waals surface area contributed by atoms with E-state index in [0.29, 0.717) is 12.2 Å². The summed E-state index contributed by atoms with van der Waals surface area (Å²) in [7, 11) is 0. The molecule has 1 aromatic rings. The number of hydrogen-bond acceptors (Lipinski definition) is 5. The van der Waals surface area contributed by atoms with E-state index in [9.17, 15) is 9.59 Å². The smallest absolute Gasteiger partial charge is 0.293 e. The molecule has 1 atom stereocenters. The van der Waals surface area contributed by atoms with Crippen LogP contribution in [-0.4, -0.2) is 24.0 Å². The van der Waals surface area contributed by atoms with Gasteiger partial charge in [0.1, 0.15) is 6.61 Å². The zero-order chi connectivity index (χ0) is 12.0. The molecule has 0 saturated carbocycles. The van der Waals surface area contributed by atoms with Gasteiger partial charge in [0.2, 0.25) is 5.91 Å². The quantitative estimate of drug-likeness (QED) is 0.619. The Hall–Kier alpha value is -1.14. The van der Waals surface area contributed by atoms with E-state index in [1.54, 1.807) is 5.51 Å². The maximum Gasteiger partial charge on any atom is 0.293 e. The summed E-state index contributed by atoms with van der Waals surface area (Å²) in [6.07, 6.45) is 0. The number of alkyl halides is 1. The fourth-order valence-electron chi connectivity index (χ4n) is 1.23. The Kier molecular flexibility index (Phi) is 5.21. The van der Waals surface area contributed by atoms with Gasteiger partial charge < -0.3 is 10.1 Å². The van der Waals surface area contributed by atoms with Gasteiger partial charge in [-0.3, -0.25) is 9.59 Å². The van der Waals surface area contributed by atoms with E-state index in [4.69, 9.17) is 11.6 Å². The first kappa shape index (κ1) is 12.9. The molecule has 0 fully saturated rings. The first-order valence-electron chi connectivity index (χ1n) is 4.49. The minimum absolute atomic E-state index is 0.0785. The van der Waals surface area contributed by atoms with Crippen LogP contribution in [0.3, 0.4) is 0 Å². The molecule has 0 aliphatic carbocycles. The standard InChI is InChI=1S/C9H11ClN2O3S/c1-6(14)12-8(3-15-5-13)9-7(2-10)11-4-16-9/h4-5,8H,2-3H2,1H3,(H,12,14). The average molecular weight is 263 g/mol. The second-order valence-electron chi connectivity index (χ2n) is 2.98. The molecule has 1 heterocycles. The number of carbonyl (C=O) groups is 2. The summed E-state index contributed by atoms with van der Waals surface area (Å²) < 4.78 is 4.66. The summed E-state index contributed by atoms with van der Waals surface area (Å²) in [5.74, 6) is 0.0594. The molecule has 88 valence electrons. The largest absolute Gasteiger partial charge is 0.465 e. The van der Waals surface area contributed by atoms with Gasteiger partial charge in [0.25, 0.3) is 6.47 Å². The van der Waals surface area contributed by atoms with Gasteiger partial charge in [0, 0.05) is 6.92 Å². The summed E-state index contributed by atoms with van der Waals surface area (Å²) in [6, 6.07) is -0.385. The third kappa shape index (κ3) is 3.46. The normalized spacial score (nSPS) is 11.9. The zero-order valence-electron chi connectivity index (χ0n) is 8.60. The molecule has 1 aromatic heterocycles. The predicted molar refractivity (Wildman–Crippen MR) is 60.2 cm³/mol. The van der Waals surface area contributed by atoms with Crippen LogP contribution in [0.25, 0.3) is 0 Å². The van der Waals surface area contributed by atoms with E-state index in [0.717, 1.165) is 4.88 Å². The van der Waals surface area contributed by atoms with Gasteiger partial charge >= 0.3 is 0 Å². The van der Waals surface area contributed by atoms with Crippen LogP contribution in [0, 0.1) is 0 Å². The highest BCUT2D eigenvalue weighted by Crippen LogP contribution is 2.23. The topological polar surface area (TPSA) is 68.3 Å². The van der Waals surface area contributed by atoms with Crippen LogP contribution in [0.2, 0.25) is 0 Å². The van der Waals surface area contributed by atoms with Crippen molar-refractivity contribution in [1.82, 2.24) is 10.3 Å². The maximum absolute atomic E-state index is 11.0. The van der Waals surface area contributed by atoms with Crippen LogP contribution in [0.4, 0.5) is 0 Å². The first-order valence-corrected chi connectivity index (χ1v) is 5.91. The highest BCUT2D eigenvalue weighted by atomic mass is 35.5. The fraction of sp³-hybridized carbons (Fsp3) is 0.444. The number of amides is 1.